The molecule has 0 amide bonds. The molecular formula is C6H12BNO3. The van der Waals surface area contributed by atoms with Crippen molar-refractivity contribution in [3.05, 3.63) is 12.5 Å². The van der Waals surface area contributed by atoms with Crippen LogP contribution in [0, 0.1) is 0 Å². The number of hydrogen-bond acceptors (Lipinski definition) is 4. The van der Waals surface area contributed by atoms with Gasteiger partial charge in [-0.2, -0.15) is 0 Å². The highest BCUT2D eigenvalue weighted by atomic mass is 16.5. The molecule has 0 saturated carbocycles. The molecule has 11 heavy (non-hydrogen) atoms. The van der Waals surface area contributed by atoms with Gasteiger partial charge >= 0.3 is 7.12 Å². The first-order valence-corrected chi connectivity index (χ1v) is 3.44. The Hall–Kier alpha value is -0.805. The number of nitrogens with zero attached hydrogens (tertiary/aromatic N) is 1. The van der Waals surface area contributed by atoms with E-state index in [4.69, 9.17) is 5.02 Å². The smallest absolute Gasteiger partial charge is 0.423 e. The van der Waals surface area contributed by atoms with Crippen LogP contribution in [0.3, 0.4) is 0 Å². The van der Waals surface area contributed by atoms with Crippen LogP contribution in [0.5, 0.6) is 0 Å². The molecule has 1 heterocycles. The summed E-state index contributed by atoms with van der Waals surface area (Å²) in [5.74, 6) is 0. The second-order valence-corrected chi connectivity index (χ2v) is 1.55. The zero-order valence-corrected chi connectivity index (χ0v) is 6.94. The average Bonchev–Trinajstić information content (AvgIpc) is 2.59. The van der Waals surface area contributed by atoms with Gasteiger partial charge in [0.25, 0.3) is 0 Å². The van der Waals surface area contributed by atoms with Crippen molar-refractivity contribution in [2.75, 3.05) is 7.11 Å². The third-order valence-electron chi connectivity index (χ3n) is 0.960. The first kappa shape index (κ1) is 10.2. The van der Waals surface area contributed by atoms with E-state index < -0.39 is 7.12 Å². The zero-order valence-electron chi connectivity index (χ0n) is 6.94. The molecule has 1 aromatic heterocycles. The Morgan fingerprint density at radius 3 is 2.64 bits per heavy atom. The van der Waals surface area contributed by atoms with E-state index >= 15 is 0 Å². The molecule has 0 radical (unpaired) electrons. The topological polar surface area (TPSA) is 55.5 Å². The van der Waals surface area contributed by atoms with Gasteiger partial charge in [-0.1, -0.05) is 19.0 Å². The van der Waals surface area contributed by atoms with Gasteiger partial charge in [-0.15, -0.1) is 0 Å². The predicted octanol–water partition coefficient (Wildman–Crippen LogP) is 0.0347. The van der Waals surface area contributed by atoms with Crippen LogP contribution in [0.4, 0.5) is 0 Å². The molecule has 0 aliphatic heterocycles. The fourth-order valence-electron chi connectivity index (χ4n) is 0.471. The summed E-state index contributed by atoms with van der Waals surface area (Å²) in [5, 5.41) is 12.3. The molecule has 0 fully saturated rings. The van der Waals surface area contributed by atoms with Crippen LogP contribution in [-0.2, 0) is 4.65 Å². The van der Waals surface area contributed by atoms with E-state index in [1.807, 2.05) is 13.8 Å². The quantitative estimate of drug-likeness (QED) is 0.615. The van der Waals surface area contributed by atoms with E-state index in [9.17, 15) is 0 Å². The summed E-state index contributed by atoms with van der Waals surface area (Å²) in [6.07, 6.45) is 2.72. The molecule has 0 atom stereocenters. The lowest BCUT2D eigenvalue weighted by atomic mass is 9.83. The van der Waals surface area contributed by atoms with E-state index in [1.54, 1.807) is 0 Å². The highest BCUT2D eigenvalue weighted by molar-refractivity contribution is 6.59. The minimum absolute atomic E-state index is 0.525. The molecular weight excluding hydrogens is 145 g/mol. The zero-order chi connectivity index (χ0) is 8.69. The monoisotopic (exact) mass is 157 g/mol. The Labute approximate surface area is 66.3 Å². The maximum atomic E-state index is 8.90. The van der Waals surface area contributed by atoms with Gasteiger partial charge in [0.15, 0.2) is 0 Å². The fraction of sp³-hybridized carbons (Fsp3) is 0.500. The Balaban J connectivity index is 0.000000461. The maximum Gasteiger partial charge on any atom is 0.495 e. The summed E-state index contributed by atoms with van der Waals surface area (Å²) in [7, 11) is 0.480. The molecule has 0 spiro atoms. The first-order chi connectivity index (χ1) is 5.34. The van der Waals surface area contributed by atoms with E-state index in [2.05, 4.69) is 14.3 Å². The molecule has 1 aromatic rings. The minimum atomic E-state index is -0.920. The van der Waals surface area contributed by atoms with Gasteiger partial charge in [-0.05, 0) is 0 Å². The highest BCUT2D eigenvalue weighted by Crippen LogP contribution is 1.81. The summed E-state index contributed by atoms with van der Waals surface area (Å²) in [5.41, 5.74) is 0.525. The molecule has 5 heteroatoms. The van der Waals surface area contributed by atoms with Gasteiger partial charge in [0.1, 0.15) is 6.26 Å². The van der Waals surface area contributed by atoms with Crippen molar-refractivity contribution in [3.63, 3.8) is 0 Å². The average molecular weight is 157 g/mol. The van der Waals surface area contributed by atoms with E-state index in [0.717, 1.165) is 0 Å². The van der Waals surface area contributed by atoms with Crippen LogP contribution in [0.15, 0.2) is 17.0 Å². The summed E-state index contributed by atoms with van der Waals surface area (Å²) in [6.45, 7) is 4.00. The Bertz CT molecular complexity index is 166. The van der Waals surface area contributed by atoms with Gasteiger partial charge in [-0.3, -0.25) is 0 Å². The van der Waals surface area contributed by atoms with Crippen molar-refractivity contribution in [2.45, 2.75) is 13.8 Å². The van der Waals surface area contributed by atoms with Crippen molar-refractivity contribution in [1.29, 1.82) is 0 Å². The Kier molecular flexibility index (Phi) is 5.51. The Morgan fingerprint density at radius 2 is 2.27 bits per heavy atom. The van der Waals surface area contributed by atoms with Crippen molar-refractivity contribution in [1.82, 2.24) is 5.16 Å². The van der Waals surface area contributed by atoms with Crippen LogP contribution < -0.4 is 5.46 Å². The summed E-state index contributed by atoms with van der Waals surface area (Å²) >= 11 is 0. The van der Waals surface area contributed by atoms with E-state index in [-0.39, 0.29) is 0 Å². The number of rotatable bonds is 2. The number of aromatic nitrogens is 1. The van der Waals surface area contributed by atoms with Crippen LogP contribution in [0.25, 0.3) is 0 Å². The molecule has 1 N–H and O–H groups in total. The fourth-order valence-corrected chi connectivity index (χ4v) is 0.471. The summed E-state index contributed by atoms with van der Waals surface area (Å²) in [6, 6.07) is 0. The molecule has 0 saturated heterocycles. The third-order valence-corrected chi connectivity index (χ3v) is 0.960. The van der Waals surface area contributed by atoms with E-state index in [1.165, 1.54) is 19.6 Å². The highest BCUT2D eigenvalue weighted by Gasteiger charge is 2.15. The van der Waals surface area contributed by atoms with Gasteiger partial charge in [-0.25, -0.2) is 0 Å². The van der Waals surface area contributed by atoms with Crippen molar-refractivity contribution in [3.8, 4) is 0 Å². The van der Waals surface area contributed by atoms with Crippen molar-refractivity contribution in [2.24, 2.45) is 0 Å². The summed E-state index contributed by atoms with van der Waals surface area (Å²) in [4.78, 5) is 0. The normalized spacial score (nSPS) is 8.36. The second-order valence-electron chi connectivity index (χ2n) is 1.55. The third kappa shape index (κ3) is 3.20. The van der Waals surface area contributed by atoms with Crippen LogP contribution in [0.1, 0.15) is 13.8 Å². The summed E-state index contributed by atoms with van der Waals surface area (Å²) < 4.78 is 9.00. The van der Waals surface area contributed by atoms with Gasteiger partial charge < -0.3 is 14.2 Å². The lowest BCUT2D eigenvalue weighted by Gasteiger charge is -1.94. The predicted molar refractivity (Wildman–Crippen MR) is 42.5 cm³/mol. The standard InChI is InChI=1S/C4H6BNO3.C2H6/c1-8-5(7)4-2-6-9-3-4;1-2/h2-3,7H,1H3;1-2H3. The minimum Gasteiger partial charge on any atom is -0.423 e. The molecule has 62 valence electrons. The van der Waals surface area contributed by atoms with Crippen molar-refractivity contribution < 1.29 is 14.2 Å². The maximum absolute atomic E-state index is 8.90. The molecule has 1 rings (SSSR count). The molecule has 0 aliphatic rings. The second kappa shape index (κ2) is 5.94. The van der Waals surface area contributed by atoms with Crippen LogP contribution in [0.2, 0.25) is 0 Å². The largest absolute Gasteiger partial charge is 0.495 e. The van der Waals surface area contributed by atoms with Gasteiger partial charge in [0, 0.05) is 12.6 Å². The first-order valence-electron chi connectivity index (χ1n) is 3.44. The molecule has 0 bridgehead atoms. The molecule has 4 nitrogen and oxygen atoms in total. The van der Waals surface area contributed by atoms with Crippen LogP contribution >= 0.6 is 0 Å². The lowest BCUT2D eigenvalue weighted by molar-refractivity contribution is 0.341. The molecule has 0 aromatic carbocycles. The number of hydrogen-bond donors (Lipinski definition) is 1. The lowest BCUT2D eigenvalue weighted by Crippen LogP contribution is -2.30. The van der Waals surface area contributed by atoms with E-state index in [0.29, 0.717) is 5.46 Å². The van der Waals surface area contributed by atoms with Gasteiger partial charge in [0.05, 0.1) is 6.20 Å². The molecule has 0 aliphatic carbocycles. The molecule has 0 unspecified atom stereocenters. The van der Waals surface area contributed by atoms with Crippen molar-refractivity contribution >= 4 is 12.6 Å². The van der Waals surface area contributed by atoms with Crippen LogP contribution in [-0.4, -0.2) is 24.4 Å². The SMILES string of the molecule is CC.COB(O)c1cnoc1. The Morgan fingerprint density at radius 1 is 1.64 bits per heavy atom. The van der Waals surface area contributed by atoms with Gasteiger partial charge in [0.2, 0.25) is 0 Å².